The van der Waals surface area contributed by atoms with Gasteiger partial charge in [-0.25, -0.2) is 9.59 Å². The van der Waals surface area contributed by atoms with Crippen molar-refractivity contribution < 1.29 is 32.6 Å². The summed E-state index contributed by atoms with van der Waals surface area (Å²) in [6, 6.07) is 7.75. The first kappa shape index (κ1) is 20.0. The molecule has 0 unspecified atom stereocenters. The van der Waals surface area contributed by atoms with E-state index in [2.05, 4.69) is 0 Å². The molecule has 134 valence electrons. The third-order valence-electron chi connectivity index (χ3n) is 3.52. The highest BCUT2D eigenvalue weighted by Gasteiger charge is 2.38. The Morgan fingerprint density at radius 1 is 1.12 bits per heavy atom. The number of esters is 1. The number of benzene rings is 1. The number of nitrogens with two attached hydrogens (primary N) is 1. The summed E-state index contributed by atoms with van der Waals surface area (Å²) in [5, 5.41) is 7.12. The standard InChI is InChI=1S/C14H19NO2.C2HF3O2/c1-10-2-4-11(5-3-10)14(16)17-13-8-6-12(15)7-9-13;3-2(4,5)1(6)7/h2-5,12-13H,6-9,15H2,1H3;(H,6,7). The number of hydrogen-bond acceptors (Lipinski definition) is 4. The lowest BCUT2D eigenvalue weighted by Crippen LogP contribution is -2.31. The van der Waals surface area contributed by atoms with E-state index in [1.165, 1.54) is 0 Å². The molecule has 1 fully saturated rings. The van der Waals surface area contributed by atoms with E-state index >= 15 is 0 Å². The molecular weight excluding hydrogens is 327 g/mol. The molecule has 1 aliphatic carbocycles. The lowest BCUT2D eigenvalue weighted by molar-refractivity contribution is -0.192. The van der Waals surface area contributed by atoms with Gasteiger partial charge in [-0.1, -0.05) is 17.7 Å². The van der Waals surface area contributed by atoms with E-state index in [9.17, 15) is 18.0 Å². The van der Waals surface area contributed by atoms with Crippen LogP contribution in [0.15, 0.2) is 24.3 Å². The van der Waals surface area contributed by atoms with Crippen molar-refractivity contribution in [3.63, 3.8) is 0 Å². The number of rotatable bonds is 2. The average molecular weight is 347 g/mol. The normalized spacial score (nSPS) is 20.5. The third kappa shape index (κ3) is 6.99. The quantitative estimate of drug-likeness (QED) is 0.803. The topological polar surface area (TPSA) is 89.6 Å². The second-order valence-corrected chi connectivity index (χ2v) is 5.61. The second-order valence-electron chi connectivity index (χ2n) is 5.61. The summed E-state index contributed by atoms with van der Waals surface area (Å²) in [7, 11) is 0. The highest BCUT2D eigenvalue weighted by atomic mass is 19.4. The SMILES string of the molecule is Cc1ccc(C(=O)OC2CCC(N)CC2)cc1.O=C(O)C(F)(F)F. The Morgan fingerprint density at radius 3 is 2.00 bits per heavy atom. The largest absolute Gasteiger partial charge is 0.490 e. The van der Waals surface area contributed by atoms with Crippen LogP contribution in [0, 0.1) is 6.92 Å². The van der Waals surface area contributed by atoms with Crippen molar-refractivity contribution in [3.8, 4) is 0 Å². The van der Waals surface area contributed by atoms with Crippen LogP contribution < -0.4 is 5.73 Å². The highest BCUT2D eigenvalue weighted by molar-refractivity contribution is 5.89. The summed E-state index contributed by atoms with van der Waals surface area (Å²) in [5.74, 6) is -2.97. The average Bonchev–Trinajstić information content (AvgIpc) is 2.50. The summed E-state index contributed by atoms with van der Waals surface area (Å²) >= 11 is 0. The molecule has 0 saturated heterocycles. The van der Waals surface area contributed by atoms with Crippen molar-refractivity contribution in [3.05, 3.63) is 35.4 Å². The molecular formula is C16H20F3NO4. The van der Waals surface area contributed by atoms with Gasteiger partial charge in [-0.3, -0.25) is 0 Å². The second kappa shape index (κ2) is 8.68. The molecule has 0 aromatic heterocycles. The maximum atomic E-state index is 11.9. The fourth-order valence-corrected chi connectivity index (χ4v) is 2.12. The van der Waals surface area contributed by atoms with Crippen LogP contribution in [0.2, 0.25) is 0 Å². The van der Waals surface area contributed by atoms with Crippen LogP contribution in [0.3, 0.4) is 0 Å². The molecule has 1 aliphatic rings. The number of carbonyl (C=O) groups is 2. The van der Waals surface area contributed by atoms with Crippen LogP contribution in [0.4, 0.5) is 13.2 Å². The van der Waals surface area contributed by atoms with Gasteiger partial charge in [0.15, 0.2) is 0 Å². The molecule has 0 atom stereocenters. The zero-order valence-corrected chi connectivity index (χ0v) is 13.2. The zero-order valence-electron chi connectivity index (χ0n) is 13.2. The van der Waals surface area contributed by atoms with E-state index in [1.54, 1.807) is 0 Å². The first-order valence-corrected chi connectivity index (χ1v) is 7.43. The number of aliphatic carboxylic acids is 1. The van der Waals surface area contributed by atoms with E-state index in [4.69, 9.17) is 20.4 Å². The van der Waals surface area contributed by atoms with Crippen molar-refractivity contribution in [1.82, 2.24) is 0 Å². The molecule has 8 heteroatoms. The predicted octanol–water partition coefficient (Wildman–Crippen LogP) is 3.06. The number of carbonyl (C=O) groups excluding carboxylic acids is 1. The smallest absolute Gasteiger partial charge is 0.475 e. The van der Waals surface area contributed by atoms with Crippen LogP contribution in [0.1, 0.15) is 41.6 Å². The van der Waals surface area contributed by atoms with Crippen LogP contribution in [0.5, 0.6) is 0 Å². The van der Waals surface area contributed by atoms with E-state index in [0.29, 0.717) is 5.56 Å². The van der Waals surface area contributed by atoms with E-state index in [1.807, 2.05) is 31.2 Å². The Labute approximate surface area is 137 Å². The van der Waals surface area contributed by atoms with Crippen LogP contribution in [-0.4, -0.2) is 35.4 Å². The summed E-state index contributed by atoms with van der Waals surface area (Å²) in [5.41, 5.74) is 7.59. The molecule has 1 aromatic carbocycles. The van der Waals surface area contributed by atoms with Gasteiger partial charge in [0.1, 0.15) is 6.10 Å². The van der Waals surface area contributed by atoms with Gasteiger partial charge in [0.05, 0.1) is 5.56 Å². The lowest BCUT2D eigenvalue weighted by Gasteiger charge is -2.25. The summed E-state index contributed by atoms with van der Waals surface area (Å²) in [6.07, 6.45) is -1.36. The van der Waals surface area contributed by atoms with Crippen molar-refractivity contribution >= 4 is 11.9 Å². The molecule has 0 spiro atoms. The molecule has 5 nitrogen and oxygen atoms in total. The maximum absolute atomic E-state index is 11.9. The summed E-state index contributed by atoms with van der Waals surface area (Å²) < 4.78 is 37.2. The molecule has 24 heavy (non-hydrogen) atoms. The number of carboxylic acid groups (broad SMARTS) is 1. The zero-order chi connectivity index (χ0) is 18.3. The Kier molecular flexibility index (Phi) is 7.21. The molecule has 1 aromatic rings. The van der Waals surface area contributed by atoms with Gasteiger partial charge in [0.2, 0.25) is 0 Å². The predicted molar refractivity (Wildman–Crippen MR) is 80.5 cm³/mol. The van der Waals surface area contributed by atoms with Gasteiger partial charge in [-0.05, 0) is 44.7 Å². The van der Waals surface area contributed by atoms with Gasteiger partial charge in [-0.2, -0.15) is 13.2 Å². The van der Waals surface area contributed by atoms with Gasteiger partial charge in [0.25, 0.3) is 0 Å². The van der Waals surface area contributed by atoms with Crippen molar-refractivity contribution in [2.24, 2.45) is 5.73 Å². The minimum Gasteiger partial charge on any atom is -0.475 e. The van der Waals surface area contributed by atoms with Crippen molar-refractivity contribution in [2.75, 3.05) is 0 Å². The third-order valence-corrected chi connectivity index (χ3v) is 3.52. The summed E-state index contributed by atoms with van der Waals surface area (Å²) in [6.45, 7) is 2.00. The summed E-state index contributed by atoms with van der Waals surface area (Å²) in [4.78, 5) is 20.7. The van der Waals surface area contributed by atoms with E-state index in [-0.39, 0.29) is 18.1 Å². The van der Waals surface area contributed by atoms with Gasteiger partial charge >= 0.3 is 18.1 Å². The number of halogens is 3. The number of hydrogen-bond donors (Lipinski definition) is 2. The van der Waals surface area contributed by atoms with Crippen molar-refractivity contribution in [1.29, 1.82) is 0 Å². The fraction of sp³-hybridized carbons (Fsp3) is 0.500. The first-order valence-electron chi connectivity index (χ1n) is 7.43. The van der Waals surface area contributed by atoms with Crippen LogP contribution in [0.25, 0.3) is 0 Å². The Hall–Kier alpha value is -2.09. The van der Waals surface area contributed by atoms with E-state index < -0.39 is 12.1 Å². The molecule has 0 radical (unpaired) electrons. The lowest BCUT2D eigenvalue weighted by atomic mass is 9.94. The molecule has 2 rings (SSSR count). The first-order chi connectivity index (χ1) is 11.1. The van der Waals surface area contributed by atoms with Crippen LogP contribution in [-0.2, 0) is 9.53 Å². The molecule has 1 saturated carbocycles. The Morgan fingerprint density at radius 2 is 1.58 bits per heavy atom. The monoisotopic (exact) mass is 347 g/mol. The number of carboxylic acids is 1. The maximum Gasteiger partial charge on any atom is 0.490 e. The molecule has 3 N–H and O–H groups in total. The van der Waals surface area contributed by atoms with Gasteiger partial charge in [-0.15, -0.1) is 0 Å². The van der Waals surface area contributed by atoms with Crippen molar-refractivity contribution in [2.45, 2.75) is 50.9 Å². The number of ether oxygens (including phenoxy) is 1. The Bertz CT molecular complexity index is 549. The molecule has 0 amide bonds. The van der Waals surface area contributed by atoms with E-state index in [0.717, 1.165) is 31.2 Å². The minimum absolute atomic E-state index is 0.0450. The minimum atomic E-state index is -5.08. The van der Waals surface area contributed by atoms with Gasteiger partial charge < -0.3 is 15.6 Å². The molecule has 0 bridgehead atoms. The molecule has 0 aliphatic heterocycles. The number of aryl methyl sites for hydroxylation is 1. The van der Waals surface area contributed by atoms with Gasteiger partial charge in [0, 0.05) is 6.04 Å². The Balaban J connectivity index is 0.000000351. The number of alkyl halides is 3. The fourth-order valence-electron chi connectivity index (χ4n) is 2.12. The highest BCUT2D eigenvalue weighted by Crippen LogP contribution is 2.21. The van der Waals surface area contributed by atoms with Crippen LogP contribution >= 0.6 is 0 Å². The molecule has 0 heterocycles.